The molecule has 1 N–H and O–H groups in total. The monoisotopic (exact) mass is 270 g/mol. The zero-order valence-corrected chi connectivity index (χ0v) is 9.51. The third kappa shape index (κ3) is 1.45. The van der Waals surface area contributed by atoms with E-state index in [-0.39, 0.29) is 11.5 Å². The second-order valence-electron chi connectivity index (χ2n) is 3.06. The van der Waals surface area contributed by atoms with E-state index >= 15 is 0 Å². The van der Waals surface area contributed by atoms with Gasteiger partial charge in [0.05, 0.1) is 11.6 Å². The van der Waals surface area contributed by atoms with Crippen LogP contribution in [0.1, 0.15) is 0 Å². The molecule has 0 aliphatic heterocycles. The maximum absolute atomic E-state index is 13.6. The molecule has 78 valence electrons. The molecule has 0 saturated heterocycles. The molecule has 0 spiro atoms. The molecular weight excluding hydrogens is 263 g/mol. The van der Waals surface area contributed by atoms with Crippen LogP contribution in [0.4, 0.5) is 4.39 Å². The Balaban J connectivity index is 2.96. The third-order valence-electron chi connectivity index (χ3n) is 2.23. The van der Waals surface area contributed by atoms with Crippen molar-refractivity contribution in [1.29, 1.82) is 0 Å². The van der Waals surface area contributed by atoms with Crippen molar-refractivity contribution in [2.75, 3.05) is 7.11 Å². The van der Waals surface area contributed by atoms with Gasteiger partial charge in [-0.1, -0.05) is 24.3 Å². The van der Waals surface area contributed by atoms with Gasteiger partial charge in [-0.3, -0.25) is 0 Å². The Kier molecular flexibility index (Phi) is 2.52. The van der Waals surface area contributed by atoms with Crippen LogP contribution < -0.4 is 4.74 Å². The van der Waals surface area contributed by atoms with Crippen LogP contribution in [0.3, 0.4) is 0 Å². The maximum atomic E-state index is 13.6. The first-order chi connectivity index (χ1) is 7.16. The molecule has 0 bridgehead atoms. The molecule has 0 heterocycles. The Labute approximate surface area is 94.4 Å². The number of benzene rings is 2. The molecule has 2 aromatic rings. The van der Waals surface area contributed by atoms with Gasteiger partial charge in [-0.05, 0) is 15.9 Å². The summed E-state index contributed by atoms with van der Waals surface area (Å²) in [6.45, 7) is 0. The van der Waals surface area contributed by atoms with Gasteiger partial charge in [-0.2, -0.15) is 4.39 Å². The molecule has 0 fully saturated rings. The Morgan fingerprint density at radius 3 is 2.47 bits per heavy atom. The van der Waals surface area contributed by atoms with Crippen LogP contribution in [-0.4, -0.2) is 12.2 Å². The number of phenols is 1. The number of hydrogen-bond acceptors (Lipinski definition) is 2. The summed E-state index contributed by atoms with van der Waals surface area (Å²) in [4.78, 5) is 0. The quantitative estimate of drug-likeness (QED) is 0.860. The van der Waals surface area contributed by atoms with Crippen LogP contribution in [0.2, 0.25) is 0 Å². The molecule has 15 heavy (non-hydrogen) atoms. The van der Waals surface area contributed by atoms with Gasteiger partial charge in [0.15, 0.2) is 11.5 Å². The van der Waals surface area contributed by atoms with Crippen LogP contribution in [0.25, 0.3) is 10.8 Å². The molecule has 0 saturated carbocycles. The van der Waals surface area contributed by atoms with Crippen LogP contribution in [0.15, 0.2) is 28.7 Å². The lowest BCUT2D eigenvalue weighted by atomic mass is 10.1. The number of aromatic hydroxyl groups is 1. The lowest BCUT2D eigenvalue weighted by Crippen LogP contribution is -1.91. The largest absolute Gasteiger partial charge is 0.504 e. The first-order valence-electron chi connectivity index (χ1n) is 4.29. The van der Waals surface area contributed by atoms with Gasteiger partial charge in [0.2, 0.25) is 5.82 Å². The van der Waals surface area contributed by atoms with Gasteiger partial charge in [0, 0.05) is 10.8 Å². The maximum Gasteiger partial charge on any atom is 0.208 e. The minimum Gasteiger partial charge on any atom is -0.504 e. The highest BCUT2D eigenvalue weighted by Crippen LogP contribution is 2.41. The summed E-state index contributed by atoms with van der Waals surface area (Å²) in [5.41, 5.74) is 0. The highest BCUT2D eigenvalue weighted by atomic mass is 79.9. The summed E-state index contributed by atoms with van der Waals surface area (Å²) >= 11 is 3.25. The lowest BCUT2D eigenvalue weighted by molar-refractivity contribution is 0.365. The van der Waals surface area contributed by atoms with Crippen molar-refractivity contribution in [2.45, 2.75) is 0 Å². The minimum atomic E-state index is -0.747. The van der Waals surface area contributed by atoms with E-state index in [2.05, 4.69) is 15.9 Å². The Morgan fingerprint density at radius 2 is 1.87 bits per heavy atom. The molecule has 0 aliphatic carbocycles. The molecule has 0 radical (unpaired) electrons. The standard InChI is InChI=1S/C11H8BrFO2/c1-15-11-8(12)6-4-2-3-5-7(6)10(14)9(11)13/h2-5,14H,1H3. The van der Waals surface area contributed by atoms with Crippen molar-refractivity contribution in [1.82, 2.24) is 0 Å². The van der Waals surface area contributed by atoms with Gasteiger partial charge in [0.1, 0.15) is 0 Å². The van der Waals surface area contributed by atoms with Crippen LogP contribution in [0, 0.1) is 5.82 Å². The number of methoxy groups -OCH3 is 1. The summed E-state index contributed by atoms with van der Waals surface area (Å²) in [5, 5.41) is 10.8. The van der Waals surface area contributed by atoms with E-state index in [4.69, 9.17) is 4.74 Å². The number of hydrogen-bond donors (Lipinski definition) is 1. The zero-order valence-electron chi connectivity index (χ0n) is 7.92. The first kappa shape index (κ1) is 10.2. The average Bonchev–Trinajstić information content (AvgIpc) is 2.27. The van der Waals surface area contributed by atoms with Crippen molar-refractivity contribution in [3.63, 3.8) is 0 Å². The average molecular weight is 271 g/mol. The van der Waals surface area contributed by atoms with Crippen LogP contribution in [0.5, 0.6) is 11.5 Å². The molecular formula is C11H8BrFO2. The van der Waals surface area contributed by atoms with Crippen LogP contribution in [-0.2, 0) is 0 Å². The van der Waals surface area contributed by atoms with E-state index in [0.717, 1.165) is 0 Å². The fourth-order valence-electron chi connectivity index (χ4n) is 1.50. The molecule has 0 aliphatic rings. The first-order valence-corrected chi connectivity index (χ1v) is 5.08. The summed E-state index contributed by atoms with van der Waals surface area (Å²) in [7, 11) is 1.36. The van der Waals surface area contributed by atoms with E-state index in [0.29, 0.717) is 15.2 Å². The third-order valence-corrected chi connectivity index (χ3v) is 3.02. The Hall–Kier alpha value is -1.29. The van der Waals surface area contributed by atoms with E-state index in [9.17, 15) is 9.50 Å². The second kappa shape index (κ2) is 3.70. The van der Waals surface area contributed by atoms with Gasteiger partial charge in [-0.15, -0.1) is 0 Å². The Bertz CT molecular complexity index is 525. The van der Waals surface area contributed by atoms with Crippen molar-refractivity contribution >= 4 is 26.7 Å². The van der Waals surface area contributed by atoms with E-state index in [1.807, 2.05) is 6.07 Å². The highest BCUT2D eigenvalue weighted by Gasteiger charge is 2.17. The Morgan fingerprint density at radius 1 is 1.27 bits per heavy atom. The van der Waals surface area contributed by atoms with Crippen molar-refractivity contribution in [3.8, 4) is 11.5 Å². The summed E-state index contributed by atoms with van der Waals surface area (Å²) in [6.07, 6.45) is 0. The van der Waals surface area contributed by atoms with Gasteiger partial charge in [-0.25, -0.2) is 0 Å². The normalized spacial score (nSPS) is 10.6. The molecule has 0 amide bonds. The molecule has 2 nitrogen and oxygen atoms in total. The van der Waals surface area contributed by atoms with E-state index in [1.54, 1.807) is 18.2 Å². The molecule has 0 atom stereocenters. The van der Waals surface area contributed by atoms with Crippen molar-refractivity contribution in [3.05, 3.63) is 34.6 Å². The van der Waals surface area contributed by atoms with Crippen molar-refractivity contribution < 1.29 is 14.2 Å². The number of halogens is 2. The topological polar surface area (TPSA) is 29.5 Å². The molecule has 0 unspecified atom stereocenters. The summed E-state index contributed by atoms with van der Waals surface area (Å²) < 4.78 is 19.0. The number of ether oxygens (including phenoxy) is 1. The fourth-order valence-corrected chi connectivity index (χ4v) is 2.19. The highest BCUT2D eigenvalue weighted by molar-refractivity contribution is 9.10. The summed E-state index contributed by atoms with van der Waals surface area (Å²) in [6, 6.07) is 6.98. The zero-order chi connectivity index (χ0) is 11.0. The summed E-state index contributed by atoms with van der Waals surface area (Å²) in [5.74, 6) is -1.11. The molecule has 2 aromatic carbocycles. The predicted octanol–water partition coefficient (Wildman–Crippen LogP) is 3.46. The van der Waals surface area contributed by atoms with Gasteiger partial charge >= 0.3 is 0 Å². The predicted molar refractivity (Wildman–Crippen MR) is 59.8 cm³/mol. The minimum absolute atomic E-state index is 0.0196. The molecule has 4 heteroatoms. The second-order valence-corrected chi connectivity index (χ2v) is 3.85. The van der Waals surface area contributed by atoms with Gasteiger partial charge < -0.3 is 9.84 Å². The van der Waals surface area contributed by atoms with Crippen LogP contribution >= 0.6 is 15.9 Å². The SMILES string of the molecule is COc1c(F)c(O)c2ccccc2c1Br. The molecule has 0 aromatic heterocycles. The lowest BCUT2D eigenvalue weighted by Gasteiger charge is -2.10. The van der Waals surface area contributed by atoms with Gasteiger partial charge in [0.25, 0.3) is 0 Å². The number of fused-ring (bicyclic) bond motifs is 1. The number of phenolic OH excluding ortho intramolecular Hbond substituents is 1. The van der Waals surface area contributed by atoms with Crippen molar-refractivity contribution in [2.24, 2.45) is 0 Å². The fraction of sp³-hybridized carbons (Fsp3) is 0.0909. The van der Waals surface area contributed by atoms with E-state index in [1.165, 1.54) is 7.11 Å². The van der Waals surface area contributed by atoms with E-state index < -0.39 is 5.82 Å². The smallest absolute Gasteiger partial charge is 0.208 e. The molecule has 2 rings (SSSR count). The number of rotatable bonds is 1.